The van der Waals surface area contributed by atoms with Crippen LogP contribution in [0.2, 0.25) is 5.02 Å². The Morgan fingerprint density at radius 1 is 1.35 bits per heavy atom. The van der Waals surface area contributed by atoms with Crippen molar-refractivity contribution in [1.29, 1.82) is 0 Å². The summed E-state index contributed by atoms with van der Waals surface area (Å²) in [6.07, 6.45) is 0.292. The molecule has 1 aromatic heterocycles. The molecule has 1 aliphatic heterocycles. The number of halogens is 3. The molecular weight excluding hydrogens is 326 g/mol. The van der Waals surface area contributed by atoms with Crippen LogP contribution in [0.4, 0.5) is 14.5 Å². The van der Waals surface area contributed by atoms with Gasteiger partial charge >= 0.3 is 11.8 Å². The minimum Gasteiger partial charge on any atom is -0.389 e. The van der Waals surface area contributed by atoms with E-state index in [4.69, 9.17) is 11.6 Å². The molecule has 2 heterocycles. The molecule has 1 atom stereocenters. The van der Waals surface area contributed by atoms with Gasteiger partial charge in [-0.1, -0.05) is 23.7 Å². The van der Waals surface area contributed by atoms with Gasteiger partial charge in [0.2, 0.25) is 0 Å². The van der Waals surface area contributed by atoms with E-state index in [1.165, 1.54) is 31.3 Å². The maximum absolute atomic E-state index is 14.4. The molecule has 4 nitrogen and oxygen atoms in total. The molecule has 1 N–H and O–H groups in total. The molecular formula is C16H13ClF2N2O2. The highest BCUT2D eigenvalue weighted by atomic mass is 35.5. The van der Waals surface area contributed by atoms with Crippen LogP contribution in [-0.4, -0.2) is 16.0 Å². The van der Waals surface area contributed by atoms with Gasteiger partial charge in [0.25, 0.3) is 0 Å². The molecule has 0 fully saturated rings. The number of hydrogen-bond acceptors (Lipinski definition) is 3. The molecule has 1 aliphatic rings. The molecule has 0 saturated carbocycles. The van der Waals surface area contributed by atoms with Crippen LogP contribution in [0.5, 0.6) is 0 Å². The van der Waals surface area contributed by atoms with Crippen molar-refractivity contribution in [2.75, 3.05) is 4.90 Å². The Morgan fingerprint density at radius 3 is 2.70 bits per heavy atom. The quantitative estimate of drug-likeness (QED) is 0.933. The zero-order valence-electron chi connectivity index (χ0n) is 12.1. The van der Waals surface area contributed by atoms with Gasteiger partial charge in [0.1, 0.15) is 0 Å². The first-order valence-electron chi connectivity index (χ1n) is 6.94. The third-order valence-electron chi connectivity index (χ3n) is 3.75. The second-order valence-corrected chi connectivity index (χ2v) is 5.79. The summed E-state index contributed by atoms with van der Waals surface area (Å²) in [6.45, 7) is 1.29. The Hall–Kier alpha value is -2.05. The van der Waals surface area contributed by atoms with E-state index in [-0.39, 0.29) is 17.8 Å². The van der Waals surface area contributed by atoms with Gasteiger partial charge < -0.3 is 10.0 Å². The highest BCUT2D eigenvalue weighted by molar-refractivity contribution is 6.30. The minimum absolute atomic E-state index is 0.0485. The highest BCUT2D eigenvalue weighted by Crippen LogP contribution is 2.47. The fourth-order valence-corrected chi connectivity index (χ4v) is 2.79. The van der Waals surface area contributed by atoms with Crippen molar-refractivity contribution in [2.24, 2.45) is 0 Å². The number of fused-ring (bicyclic) bond motifs is 1. The van der Waals surface area contributed by atoms with Crippen molar-refractivity contribution in [3.8, 4) is 0 Å². The number of hydrogen-bond donors (Lipinski definition) is 1. The smallest absolute Gasteiger partial charge is 0.352 e. The number of aromatic nitrogens is 1. The third kappa shape index (κ3) is 2.58. The fourth-order valence-electron chi connectivity index (χ4n) is 2.68. The van der Waals surface area contributed by atoms with E-state index in [9.17, 15) is 18.7 Å². The van der Waals surface area contributed by atoms with Crippen LogP contribution in [0.15, 0.2) is 36.5 Å². The number of alkyl halides is 2. The van der Waals surface area contributed by atoms with Gasteiger partial charge in [0.05, 0.1) is 34.6 Å². The van der Waals surface area contributed by atoms with Gasteiger partial charge in [-0.25, -0.2) is 0 Å². The molecule has 7 heteroatoms. The van der Waals surface area contributed by atoms with Crippen LogP contribution in [0.25, 0.3) is 0 Å². The molecule has 0 bridgehead atoms. The first kappa shape index (κ1) is 15.8. The number of rotatable bonds is 3. The largest absolute Gasteiger partial charge is 0.389 e. The summed E-state index contributed by atoms with van der Waals surface area (Å²) >= 11 is 5.75. The zero-order chi connectivity index (χ0) is 16.8. The van der Waals surface area contributed by atoms with Crippen LogP contribution in [0, 0.1) is 0 Å². The van der Waals surface area contributed by atoms with Crippen molar-refractivity contribution in [3.63, 3.8) is 0 Å². The lowest BCUT2D eigenvalue weighted by atomic mass is 9.98. The number of carbonyl (C=O) groups is 1. The van der Waals surface area contributed by atoms with E-state index < -0.39 is 23.5 Å². The Labute approximate surface area is 136 Å². The topological polar surface area (TPSA) is 53.4 Å². The molecule has 0 unspecified atom stereocenters. The van der Waals surface area contributed by atoms with E-state index >= 15 is 0 Å². The molecule has 0 spiro atoms. The van der Waals surface area contributed by atoms with Crippen LogP contribution in [0.1, 0.15) is 29.8 Å². The molecule has 1 aromatic carbocycles. The average molecular weight is 339 g/mol. The highest BCUT2D eigenvalue weighted by Gasteiger charge is 2.54. The summed E-state index contributed by atoms with van der Waals surface area (Å²) in [6, 6.07) is 7.53. The SMILES string of the molecule is C[C@H](O)c1cccc2c1C(F)(F)C(=O)N2Cc1ccc(Cl)cn1. The first-order valence-corrected chi connectivity index (χ1v) is 7.32. The summed E-state index contributed by atoms with van der Waals surface area (Å²) in [5.74, 6) is -4.99. The summed E-state index contributed by atoms with van der Waals surface area (Å²) in [4.78, 5) is 17.2. The van der Waals surface area contributed by atoms with Crippen LogP contribution in [0.3, 0.4) is 0 Å². The Bertz CT molecular complexity index is 763. The average Bonchev–Trinajstić information content (AvgIpc) is 2.70. The van der Waals surface area contributed by atoms with Gasteiger partial charge in [-0.15, -0.1) is 0 Å². The van der Waals surface area contributed by atoms with E-state index in [0.717, 1.165) is 4.90 Å². The summed E-state index contributed by atoms with van der Waals surface area (Å²) in [5.41, 5.74) is 0.144. The maximum atomic E-state index is 14.4. The number of aliphatic hydroxyl groups excluding tert-OH is 1. The van der Waals surface area contributed by atoms with Crippen LogP contribution >= 0.6 is 11.6 Å². The van der Waals surface area contributed by atoms with Crippen molar-refractivity contribution in [1.82, 2.24) is 4.98 Å². The molecule has 2 aromatic rings. The number of anilines is 1. The lowest BCUT2D eigenvalue weighted by Crippen LogP contribution is -2.34. The second-order valence-electron chi connectivity index (χ2n) is 5.35. The minimum atomic E-state index is -3.67. The van der Waals surface area contributed by atoms with E-state index in [1.54, 1.807) is 12.1 Å². The van der Waals surface area contributed by atoms with Gasteiger partial charge in [-0.2, -0.15) is 8.78 Å². The van der Waals surface area contributed by atoms with Crippen molar-refractivity contribution in [2.45, 2.75) is 25.5 Å². The van der Waals surface area contributed by atoms with Gasteiger partial charge in [-0.05, 0) is 30.7 Å². The number of benzene rings is 1. The van der Waals surface area contributed by atoms with Crippen molar-refractivity contribution < 1.29 is 18.7 Å². The van der Waals surface area contributed by atoms with Gasteiger partial charge in [0.15, 0.2) is 0 Å². The maximum Gasteiger partial charge on any atom is 0.352 e. The molecule has 23 heavy (non-hydrogen) atoms. The summed E-state index contributed by atoms with van der Waals surface area (Å²) < 4.78 is 28.8. The number of aliphatic hydroxyl groups is 1. The number of amides is 1. The number of nitrogens with zero attached hydrogens (tertiary/aromatic N) is 2. The van der Waals surface area contributed by atoms with Gasteiger partial charge in [-0.3, -0.25) is 9.78 Å². The molecule has 0 radical (unpaired) electrons. The summed E-state index contributed by atoms with van der Waals surface area (Å²) in [5, 5.41) is 10.1. The predicted molar refractivity (Wildman–Crippen MR) is 81.4 cm³/mol. The Kier molecular flexibility index (Phi) is 3.82. The van der Waals surface area contributed by atoms with Crippen molar-refractivity contribution >= 4 is 23.2 Å². The standard InChI is InChI=1S/C16H13ClF2N2O2/c1-9(22)12-3-2-4-13-14(12)16(18,19)15(23)21(13)8-11-6-5-10(17)7-20-11/h2-7,9,22H,8H2,1H3/t9-/m0/s1. The van der Waals surface area contributed by atoms with Crippen LogP contribution < -0.4 is 4.90 Å². The molecule has 120 valence electrons. The van der Waals surface area contributed by atoms with E-state index in [1.807, 2.05) is 0 Å². The lowest BCUT2D eigenvalue weighted by Gasteiger charge is -2.17. The van der Waals surface area contributed by atoms with E-state index in [0.29, 0.717) is 10.7 Å². The second kappa shape index (κ2) is 5.54. The first-order chi connectivity index (χ1) is 10.8. The Morgan fingerprint density at radius 2 is 2.09 bits per heavy atom. The normalized spacial score (nSPS) is 17.3. The third-order valence-corrected chi connectivity index (χ3v) is 3.98. The molecule has 1 amide bonds. The molecule has 3 rings (SSSR count). The van der Waals surface area contributed by atoms with Crippen LogP contribution in [-0.2, 0) is 17.3 Å². The van der Waals surface area contributed by atoms with Crippen molar-refractivity contribution in [3.05, 3.63) is 58.4 Å². The fraction of sp³-hybridized carbons (Fsp3) is 0.250. The number of carbonyl (C=O) groups excluding carboxylic acids is 1. The molecule has 0 saturated heterocycles. The molecule has 0 aliphatic carbocycles. The van der Waals surface area contributed by atoms with E-state index in [2.05, 4.69) is 4.98 Å². The Balaban J connectivity index is 2.06. The van der Waals surface area contributed by atoms with Gasteiger partial charge in [0, 0.05) is 6.20 Å². The predicted octanol–water partition coefficient (Wildman–Crippen LogP) is 3.43. The monoisotopic (exact) mass is 338 g/mol. The summed E-state index contributed by atoms with van der Waals surface area (Å²) in [7, 11) is 0. The lowest BCUT2D eigenvalue weighted by molar-refractivity contribution is -0.141. The number of pyridine rings is 1. The zero-order valence-corrected chi connectivity index (χ0v) is 12.9.